The van der Waals surface area contributed by atoms with Crippen LogP contribution in [0.4, 0.5) is 0 Å². The highest BCUT2D eigenvalue weighted by Gasteiger charge is 2.56. The molecule has 6 heteroatoms. The zero-order valence-electron chi connectivity index (χ0n) is 13.0. The molecule has 122 valence electrons. The molecule has 2 unspecified atom stereocenters. The van der Waals surface area contributed by atoms with Crippen molar-refractivity contribution in [2.24, 2.45) is 17.3 Å². The molecule has 21 heavy (non-hydrogen) atoms. The van der Waals surface area contributed by atoms with Crippen LogP contribution in [0.25, 0.3) is 0 Å². The molecule has 0 radical (unpaired) electrons. The van der Waals surface area contributed by atoms with Crippen molar-refractivity contribution in [2.75, 3.05) is 0 Å². The molecule has 6 nitrogen and oxygen atoms in total. The van der Waals surface area contributed by atoms with Crippen molar-refractivity contribution in [3.8, 4) is 0 Å². The van der Waals surface area contributed by atoms with Gasteiger partial charge in [-0.3, -0.25) is 14.4 Å². The minimum atomic E-state index is -1.75. The smallest absolute Gasteiger partial charge is 0.311 e. The topological polar surface area (TPSA) is 112 Å². The van der Waals surface area contributed by atoms with Gasteiger partial charge in [-0.05, 0) is 19.3 Å². The molecule has 2 atom stereocenters. The molecule has 0 amide bonds. The molecule has 0 spiro atoms. The number of hydrogen-bond donors (Lipinski definition) is 3. The van der Waals surface area contributed by atoms with Crippen LogP contribution < -0.4 is 0 Å². The van der Waals surface area contributed by atoms with Gasteiger partial charge in [0, 0.05) is 0 Å². The Kier molecular flexibility index (Phi) is 7.99. The van der Waals surface area contributed by atoms with Crippen molar-refractivity contribution in [1.29, 1.82) is 0 Å². The zero-order chi connectivity index (χ0) is 16.6. The highest BCUT2D eigenvalue weighted by Crippen LogP contribution is 2.45. The summed E-state index contributed by atoms with van der Waals surface area (Å²) in [7, 11) is 0. The first-order valence-electron chi connectivity index (χ1n) is 7.48. The van der Waals surface area contributed by atoms with Gasteiger partial charge >= 0.3 is 17.9 Å². The number of hydrogen-bond acceptors (Lipinski definition) is 3. The van der Waals surface area contributed by atoms with Gasteiger partial charge in [0.1, 0.15) is 0 Å². The molecular formula is C15H26O6. The van der Waals surface area contributed by atoms with Gasteiger partial charge in [0.2, 0.25) is 0 Å². The van der Waals surface area contributed by atoms with Crippen molar-refractivity contribution < 1.29 is 29.7 Å². The van der Waals surface area contributed by atoms with E-state index in [0.29, 0.717) is 19.3 Å². The standard InChI is InChI=1S/C15H26O6/c1-4-7-10(12(16)17)15(9-6-3,14(20)21)11(8-5-2)13(18)19/h10-11H,4-9H2,1-3H3,(H,16,17)(H,18,19)(H,20,21). The molecule has 3 N–H and O–H groups in total. The zero-order valence-corrected chi connectivity index (χ0v) is 13.0. The van der Waals surface area contributed by atoms with Gasteiger partial charge in [0.25, 0.3) is 0 Å². The molecule has 0 aliphatic heterocycles. The number of carbonyl (C=O) groups is 3. The Labute approximate surface area is 125 Å². The van der Waals surface area contributed by atoms with Gasteiger partial charge < -0.3 is 15.3 Å². The molecule has 0 saturated heterocycles. The number of rotatable bonds is 11. The second kappa shape index (κ2) is 8.64. The molecule has 0 rings (SSSR count). The Morgan fingerprint density at radius 3 is 1.38 bits per heavy atom. The van der Waals surface area contributed by atoms with Crippen LogP contribution in [0.5, 0.6) is 0 Å². The molecule has 0 aliphatic carbocycles. The lowest BCUT2D eigenvalue weighted by Crippen LogP contribution is -2.50. The fourth-order valence-corrected chi connectivity index (χ4v) is 3.19. The Balaban J connectivity index is 6.08. The molecule has 0 heterocycles. The average molecular weight is 302 g/mol. The molecular weight excluding hydrogens is 276 g/mol. The summed E-state index contributed by atoms with van der Waals surface area (Å²) >= 11 is 0. The lowest BCUT2D eigenvalue weighted by atomic mass is 9.61. The van der Waals surface area contributed by atoms with Crippen LogP contribution >= 0.6 is 0 Å². The SMILES string of the molecule is CCCC(C(=O)O)C(CCC)(C(=O)O)C(CCC)C(=O)O. The fourth-order valence-electron chi connectivity index (χ4n) is 3.19. The van der Waals surface area contributed by atoms with E-state index in [1.807, 2.05) is 0 Å². The van der Waals surface area contributed by atoms with E-state index in [9.17, 15) is 29.7 Å². The summed E-state index contributed by atoms with van der Waals surface area (Å²) in [5.41, 5.74) is -1.75. The monoisotopic (exact) mass is 302 g/mol. The van der Waals surface area contributed by atoms with Crippen LogP contribution in [-0.4, -0.2) is 33.2 Å². The van der Waals surface area contributed by atoms with Crippen LogP contribution in [0.3, 0.4) is 0 Å². The van der Waals surface area contributed by atoms with Gasteiger partial charge in [-0.25, -0.2) is 0 Å². The second-order valence-electron chi connectivity index (χ2n) is 5.45. The number of aliphatic carboxylic acids is 3. The van der Waals surface area contributed by atoms with Crippen LogP contribution in [-0.2, 0) is 14.4 Å². The van der Waals surface area contributed by atoms with Crippen molar-refractivity contribution in [1.82, 2.24) is 0 Å². The fraction of sp³-hybridized carbons (Fsp3) is 0.800. The van der Waals surface area contributed by atoms with Crippen LogP contribution in [0, 0.1) is 17.3 Å². The summed E-state index contributed by atoms with van der Waals surface area (Å²) in [6, 6.07) is 0. The van der Waals surface area contributed by atoms with Crippen molar-refractivity contribution in [3.63, 3.8) is 0 Å². The van der Waals surface area contributed by atoms with E-state index in [2.05, 4.69) is 0 Å². The molecule has 0 fully saturated rings. The lowest BCUT2D eigenvalue weighted by molar-refractivity contribution is -0.176. The first-order valence-corrected chi connectivity index (χ1v) is 7.48. The van der Waals surface area contributed by atoms with E-state index in [4.69, 9.17) is 0 Å². The minimum absolute atomic E-state index is 0.0519. The highest BCUT2D eigenvalue weighted by molar-refractivity contribution is 5.88. The molecule has 0 aliphatic rings. The predicted molar refractivity (Wildman–Crippen MR) is 77.0 cm³/mol. The summed E-state index contributed by atoms with van der Waals surface area (Å²) in [6.07, 6.45) is 1.79. The Morgan fingerprint density at radius 1 is 0.810 bits per heavy atom. The van der Waals surface area contributed by atoms with Gasteiger partial charge in [0.15, 0.2) is 0 Å². The van der Waals surface area contributed by atoms with E-state index >= 15 is 0 Å². The van der Waals surface area contributed by atoms with E-state index < -0.39 is 35.2 Å². The molecule has 0 aromatic rings. The van der Waals surface area contributed by atoms with E-state index in [1.165, 1.54) is 0 Å². The van der Waals surface area contributed by atoms with E-state index in [1.54, 1.807) is 20.8 Å². The minimum Gasteiger partial charge on any atom is -0.481 e. The summed E-state index contributed by atoms with van der Waals surface area (Å²) in [5, 5.41) is 28.6. The Hall–Kier alpha value is -1.59. The average Bonchev–Trinajstić information content (AvgIpc) is 2.39. The largest absolute Gasteiger partial charge is 0.481 e. The second-order valence-corrected chi connectivity index (χ2v) is 5.45. The van der Waals surface area contributed by atoms with Gasteiger partial charge in [-0.1, -0.05) is 40.0 Å². The van der Waals surface area contributed by atoms with Gasteiger partial charge in [0.05, 0.1) is 17.3 Å². The number of carboxylic acid groups (broad SMARTS) is 3. The molecule has 0 aromatic carbocycles. The van der Waals surface area contributed by atoms with Crippen molar-refractivity contribution in [2.45, 2.75) is 59.3 Å². The third kappa shape index (κ3) is 4.19. The van der Waals surface area contributed by atoms with Crippen LogP contribution in [0.2, 0.25) is 0 Å². The maximum absolute atomic E-state index is 11.9. The maximum atomic E-state index is 11.9. The maximum Gasteiger partial charge on any atom is 0.311 e. The predicted octanol–water partition coefficient (Wildman–Crippen LogP) is 2.86. The highest BCUT2D eigenvalue weighted by atomic mass is 16.4. The summed E-state index contributed by atoms with van der Waals surface area (Å²) in [6.45, 7) is 5.28. The Morgan fingerprint density at radius 2 is 1.19 bits per heavy atom. The third-order valence-corrected chi connectivity index (χ3v) is 4.06. The third-order valence-electron chi connectivity index (χ3n) is 4.06. The summed E-state index contributed by atoms with van der Waals surface area (Å²) in [5.74, 6) is -6.14. The van der Waals surface area contributed by atoms with Crippen LogP contribution in [0.1, 0.15) is 59.3 Å². The molecule has 0 saturated carbocycles. The molecule has 0 aromatic heterocycles. The normalized spacial score (nSPS) is 16.7. The van der Waals surface area contributed by atoms with Crippen molar-refractivity contribution in [3.05, 3.63) is 0 Å². The van der Waals surface area contributed by atoms with E-state index in [-0.39, 0.29) is 19.3 Å². The Bertz CT molecular complexity index is 352. The van der Waals surface area contributed by atoms with Gasteiger partial charge in [-0.2, -0.15) is 0 Å². The van der Waals surface area contributed by atoms with E-state index in [0.717, 1.165) is 0 Å². The lowest BCUT2D eigenvalue weighted by Gasteiger charge is -2.39. The summed E-state index contributed by atoms with van der Waals surface area (Å²) in [4.78, 5) is 35.1. The van der Waals surface area contributed by atoms with Crippen LogP contribution in [0.15, 0.2) is 0 Å². The first kappa shape index (κ1) is 19.4. The molecule has 0 bridgehead atoms. The van der Waals surface area contributed by atoms with Crippen molar-refractivity contribution >= 4 is 17.9 Å². The summed E-state index contributed by atoms with van der Waals surface area (Å²) < 4.78 is 0. The first-order chi connectivity index (χ1) is 9.79. The number of carboxylic acids is 3. The quantitative estimate of drug-likeness (QED) is 0.541. The van der Waals surface area contributed by atoms with Gasteiger partial charge in [-0.15, -0.1) is 0 Å².